The molecule has 5 heteroatoms. The van der Waals surface area contributed by atoms with Crippen LogP contribution in [0.25, 0.3) is 0 Å². The van der Waals surface area contributed by atoms with Crippen LogP contribution in [0.1, 0.15) is 0 Å². The lowest BCUT2D eigenvalue weighted by molar-refractivity contribution is 0.406. The molecule has 62 valence electrons. The lowest BCUT2D eigenvalue weighted by Gasteiger charge is -1.97. The highest BCUT2D eigenvalue weighted by Gasteiger charge is 2.14. The highest BCUT2D eigenvalue weighted by Crippen LogP contribution is 2.28. The number of hydrogen-bond donors (Lipinski definition) is 0. The molecule has 1 heterocycles. The standard InChI is InChI=1S/C6H8O3S2/c1-9-5-3-4-10-6(5)11(2,7)8/h3-4H,1-2H3. The zero-order valence-corrected chi connectivity index (χ0v) is 7.83. The Morgan fingerprint density at radius 1 is 1.55 bits per heavy atom. The summed E-state index contributed by atoms with van der Waals surface area (Å²) in [7, 11) is -1.65. The Labute approximate surface area is 69.5 Å². The van der Waals surface area contributed by atoms with E-state index in [1.807, 2.05) is 0 Å². The summed E-state index contributed by atoms with van der Waals surface area (Å²) in [6.07, 6.45) is 1.17. The Morgan fingerprint density at radius 3 is 2.55 bits per heavy atom. The summed E-state index contributed by atoms with van der Waals surface area (Å²) < 4.78 is 27.1. The zero-order valence-electron chi connectivity index (χ0n) is 6.20. The van der Waals surface area contributed by atoms with Gasteiger partial charge in [-0.15, -0.1) is 11.3 Å². The highest BCUT2D eigenvalue weighted by atomic mass is 32.2. The van der Waals surface area contributed by atoms with Gasteiger partial charge in [0.25, 0.3) is 0 Å². The Balaban J connectivity index is 3.24. The largest absolute Gasteiger partial charge is 0.494 e. The van der Waals surface area contributed by atoms with E-state index >= 15 is 0 Å². The summed E-state index contributed by atoms with van der Waals surface area (Å²) in [5.74, 6) is 0.428. The average Bonchev–Trinajstić information content (AvgIpc) is 2.31. The van der Waals surface area contributed by atoms with Crippen LogP contribution in [0.15, 0.2) is 15.7 Å². The number of ether oxygens (including phenoxy) is 1. The van der Waals surface area contributed by atoms with Gasteiger partial charge in [0.15, 0.2) is 14.0 Å². The normalized spacial score (nSPS) is 11.5. The monoisotopic (exact) mass is 192 g/mol. The van der Waals surface area contributed by atoms with Crippen molar-refractivity contribution in [1.29, 1.82) is 0 Å². The van der Waals surface area contributed by atoms with Crippen molar-refractivity contribution < 1.29 is 13.2 Å². The van der Waals surface area contributed by atoms with E-state index < -0.39 is 9.84 Å². The van der Waals surface area contributed by atoms with Gasteiger partial charge in [-0.3, -0.25) is 0 Å². The summed E-state index contributed by atoms with van der Waals surface area (Å²) in [4.78, 5) is 0. The SMILES string of the molecule is COc1ccsc1S(C)(=O)=O. The summed E-state index contributed by atoms with van der Waals surface area (Å²) in [6, 6.07) is 1.64. The molecule has 0 aliphatic carbocycles. The van der Waals surface area contributed by atoms with E-state index in [9.17, 15) is 8.42 Å². The Hall–Kier alpha value is -0.550. The number of sulfone groups is 1. The fourth-order valence-corrected chi connectivity index (χ4v) is 2.67. The van der Waals surface area contributed by atoms with Crippen molar-refractivity contribution in [3.8, 4) is 5.75 Å². The third-order valence-electron chi connectivity index (χ3n) is 1.15. The second-order valence-corrected chi connectivity index (χ2v) is 5.18. The molecule has 0 atom stereocenters. The third kappa shape index (κ3) is 1.72. The van der Waals surface area contributed by atoms with Crippen molar-refractivity contribution in [2.24, 2.45) is 0 Å². The second-order valence-electron chi connectivity index (χ2n) is 2.05. The van der Waals surface area contributed by atoms with Crippen molar-refractivity contribution in [3.05, 3.63) is 11.4 Å². The van der Waals surface area contributed by atoms with E-state index in [1.54, 1.807) is 11.4 Å². The zero-order chi connectivity index (χ0) is 8.48. The van der Waals surface area contributed by atoms with Gasteiger partial charge in [-0.25, -0.2) is 8.42 Å². The molecule has 1 aromatic rings. The van der Waals surface area contributed by atoms with Crippen LogP contribution in [0, 0.1) is 0 Å². The van der Waals surface area contributed by atoms with E-state index in [-0.39, 0.29) is 0 Å². The van der Waals surface area contributed by atoms with Gasteiger partial charge in [0.1, 0.15) is 5.75 Å². The van der Waals surface area contributed by atoms with Gasteiger partial charge in [0, 0.05) is 6.26 Å². The van der Waals surface area contributed by atoms with Crippen molar-refractivity contribution in [2.45, 2.75) is 4.21 Å². The van der Waals surface area contributed by atoms with E-state index in [0.717, 1.165) is 0 Å². The van der Waals surface area contributed by atoms with Crippen molar-refractivity contribution in [2.75, 3.05) is 13.4 Å². The van der Waals surface area contributed by atoms with Gasteiger partial charge < -0.3 is 4.74 Å². The molecular formula is C6H8O3S2. The molecule has 0 bridgehead atoms. The molecule has 0 amide bonds. The Morgan fingerprint density at radius 2 is 2.18 bits per heavy atom. The maximum Gasteiger partial charge on any atom is 0.188 e. The van der Waals surface area contributed by atoms with Crippen molar-refractivity contribution >= 4 is 21.2 Å². The van der Waals surface area contributed by atoms with Crippen LogP contribution in [0.2, 0.25) is 0 Å². The Bertz CT molecular complexity index is 336. The first-order valence-electron chi connectivity index (χ1n) is 2.87. The van der Waals surface area contributed by atoms with Crippen LogP contribution in [0.4, 0.5) is 0 Å². The van der Waals surface area contributed by atoms with Gasteiger partial charge in [0.05, 0.1) is 7.11 Å². The second kappa shape index (κ2) is 2.83. The first kappa shape index (κ1) is 8.55. The van der Waals surface area contributed by atoms with E-state index in [2.05, 4.69) is 0 Å². The quantitative estimate of drug-likeness (QED) is 0.706. The fraction of sp³-hybridized carbons (Fsp3) is 0.333. The van der Waals surface area contributed by atoms with Gasteiger partial charge in [-0.1, -0.05) is 0 Å². The topological polar surface area (TPSA) is 43.4 Å². The van der Waals surface area contributed by atoms with E-state index in [4.69, 9.17) is 4.74 Å². The molecule has 0 saturated heterocycles. The maximum absolute atomic E-state index is 11.0. The first-order valence-corrected chi connectivity index (χ1v) is 5.64. The molecule has 1 aromatic heterocycles. The van der Waals surface area contributed by atoms with E-state index in [1.165, 1.54) is 24.7 Å². The number of hydrogen-bond acceptors (Lipinski definition) is 4. The lowest BCUT2D eigenvalue weighted by Crippen LogP contribution is -1.95. The molecule has 1 rings (SSSR count). The average molecular weight is 192 g/mol. The van der Waals surface area contributed by atoms with Gasteiger partial charge in [-0.2, -0.15) is 0 Å². The predicted octanol–water partition coefficient (Wildman–Crippen LogP) is 1.16. The number of thiophene rings is 1. The molecule has 0 unspecified atom stereocenters. The van der Waals surface area contributed by atoms with Crippen LogP contribution in [-0.2, 0) is 9.84 Å². The lowest BCUT2D eigenvalue weighted by atomic mass is 10.6. The summed E-state index contributed by atoms with van der Waals surface area (Å²) in [5, 5.41) is 1.69. The summed E-state index contributed by atoms with van der Waals surface area (Å²) >= 11 is 1.17. The number of methoxy groups -OCH3 is 1. The fourth-order valence-electron chi connectivity index (χ4n) is 0.705. The molecule has 0 saturated carbocycles. The summed E-state index contributed by atoms with van der Waals surface area (Å²) in [6.45, 7) is 0. The minimum atomic E-state index is -3.11. The van der Waals surface area contributed by atoms with Gasteiger partial charge >= 0.3 is 0 Å². The minimum absolute atomic E-state index is 0.292. The third-order valence-corrected chi connectivity index (χ3v) is 3.91. The molecule has 0 aliphatic heterocycles. The van der Waals surface area contributed by atoms with Gasteiger partial charge in [-0.05, 0) is 11.4 Å². The van der Waals surface area contributed by atoms with Crippen LogP contribution in [0.5, 0.6) is 5.75 Å². The summed E-state index contributed by atoms with van der Waals surface area (Å²) in [5.41, 5.74) is 0. The van der Waals surface area contributed by atoms with Crippen molar-refractivity contribution in [3.63, 3.8) is 0 Å². The number of rotatable bonds is 2. The molecule has 0 N–H and O–H groups in total. The van der Waals surface area contributed by atoms with Crippen LogP contribution in [-0.4, -0.2) is 21.8 Å². The maximum atomic E-state index is 11.0. The molecule has 0 radical (unpaired) electrons. The minimum Gasteiger partial charge on any atom is -0.494 e. The van der Waals surface area contributed by atoms with Crippen LogP contribution in [0.3, 0.4) is 0 Å². The first-order chi connectivity index (χ1) is 5.05. The highest BCUT2D eigenvalue weighted by molar-refractivity contribution is 7.92. The van der Waals surface area contributed by atoms with Crippen LogP contribution >= 0.6 is 11.3 Å². The Kier molecular flexibility index (Phi) is 2.20. The molecule has 0 aromatic carbocycles. The predicted molar refractivity (Wildman–Crippen MR) is 44.0 cm³/mol. The molecule has 3 nitrogen and oxygen atoms in total. The molecule has 0 aliphatic rings. The van der Waals surface area contributed by atoms with E-state index in [0.29, 0.717) is 9.96 Å². The molecular weight excluding hydrogens is 184 g/mol. The molecule has 0 spiro atoms. The van der Waals surface area contributed by atoms with Gasteiger partial charge in [0.2, 0.25) is 0 Å². The molecule has 0 fully saturated rings. The van der Waals surface area contributed by atoms with Crippen LogP contribution < -0.4 is 4.74 Å². The smallest absolute Gasteiger partial charge is 0.188 e. The van der Waals surface area contributed by atoms with Crippen molar-refractivity contribution in [1.82, 2.24) is 0 Å². The molecule has 11 heavy (non-hydrogen) atoms.